The molecule has 1 aromatic carbocycles. The maximum Gasteiger partial charge on any atom is 0.195 e. The molecule has 1 aliphatic rings. The zero-order valence-corrected chi connectivity index (χ0v) is 9.77. The van der Waals surface area contributed by atoms with Crippen LogP contribution < -0.4 is 5.32 Å². The van der Waals surface area contributed by atoms with Gasteiger partial charge in [0.25, 0.3) is 0 Å². The molecule has 1 saturated heterocycles. The predicted octanol–water partition coefficient (Wildman–Crippen LogP) is 1.36. The van der Waals surface area contributed by atoms with Crippen LogP contribution in [-0.4, -0.2) is 37.6 Å². The third kappa shape index (κ3) is 3.03. The van der Waals surface area contributed by atoms with Crippen LogP contribution in [0.5, 0.6) is 0 Å². The summed E-state index contributed by atoms with van der Waals surface area (Å²) in [4.78, 5) is 2.11. The van der Waals surface area contributed by atoms with Crippen molar-refractivity contribution >= 4 is 0 Å². The predicted molar refractivity (Wildman–Crippen MR) is 62.5 cm³/mol. The molecule has 18 heavy (non-hydrogen) atoms. The summed E-state index contributed by atoms with van der Waals surface area (Å²) in [7, 11) is 0. The van der Waals surface area contributed by atoms with Gasteiger partial charge in [-0.15, -0.1) is 0 Å². The second kappa shape index (κ2) is 5.89. The summed E-state index contributed by atoms with van der Waals surface area (Å²) in [5.41, 5.74) is -0.107. The quantitative estimate of drug-likeness (QED) is 0.601. The van der Waals surface area contributed by atoms with E-state index < -0.39 is 17.5 Å². The van der Waals surface area contributed by atoms with Crippen molar-refractivity contribution in [3.8, 4) is 11.8 Å². The van der Waals surface area contributed by atoms with Crippen molar-refractivity contribution < 1.29 is 13.2 Å². The summed E-state index contributed by atoms with van der Waals surface area (Å²) < 4.78 is 38.9. The number of hydrogen-bond acceptors (Lipinski definition) is 2. The normalized spacial score (nSPS) is 16.2. The molecule has 0 unspecified atom stereocenters. The van der Waals surface area contributed by atoms with E-state index in [-0.39, 0.29) is 5.56 Å². The molecule has 5 heteroatoms. The lowest BCUT2D eigenvalue weighted by molar-refractivity contribution is 0.268. The van der Waals surface area contributed by atoms with Crippen molar-refractivity contribution in [2.24, 2.45) is 0 Å². The molecular formula is C13H13F3N2. The molecule has 2 nitrogen and oxygen atoms in total. The maximum absolute atomic E-state index is 13.3. The fourth-order valence-corrected chi connectivity index (χ4v) is 1.74. The molecule has 1 aliphatic heterocycles. The third-order valence-corrected chi connectivity index (χ3v) is 2.77. The molecule has 1 N–H and O–H groups in total. The van der Waals surface area contributed by atoms with E-state index >= 15 is 0 Å². The van der Waals surface area contributed by atoms with Crippen molar-refractivity contribution in [3.05, 3.63) is 35.1 Å². The van der Waals surface area contributed by atoms with Gasteiger partial charge in [0.1, 0.15) is 0 Å². The lowest BCUT2D eigenvalue weighted by atomic mass is 10.2. The van der Waals surface area contributed by atoms with Crippen LogP contribution in [0.2, 0.25) is 0 Å². The molecular weight excluding hydrogens is 241 g/mol. The van der Waals surface area contributed by atoms with Gasteiger partial charge < -0.3 is 5.32 Å². The zero-order valence-electron chi connectivity index (χ0n) is 9.77. The van der Waals surface area contributed by atoms with E-state index in [0.29, 0.717) is 6.54 Å². The topological polar surface area (TPSA) is 15.3 Å². The van der Waals surface area contributed by atoms with E-state index in [0.717, 1.165) is 38.3 Å². The minimum absolute atomic E-state index is 0.107. The number of rotatable bonds is 1. The highest BCUT2D eigenvalue weighted by Gasteiger charge is 2.11. The maximum atomic E-state index is 13.3. The summed E-state index contributed by atoms with van der Waals surface area (Å²) in [6, 6.07) is 2.03. The van der Waals surface area contributed by atoms with Crippen molar-refractivity contribution in [1.29, 1.82) is 0 Å². The minimum Gasteiger partial charge on any atom is -0.314 e. The molecule has 0 aromatic heterocycles. The first-order valence-electron chi connectivity index (χ1n) is 5.74. The largest absolute Gasteiger partial charge is 0.314 e. The highest BCUT2D eigenvalue weighted by atomic mass is 19.2. The SMILES string of the molecule is Fc1ccc(C#CCN2CCNCC2)c(F)c1F. The van der Waals surface area contributed by atoms with Gasteiger partial charge in [-0.05, 0) is 12.1 Å². The Kier molecular flexibility index (Phi) is 4.24. The molecule has 2 rings (SSSR count). The number of nitrogens with one attached hydrogen (secondary N) is 1. The van der Waals surface area contributed by atoms with Crippen LogP contribution in [0, 0.1) is 29.3 Å². The van der Waals surface area contributed by atoms with Crippen LogP contribution in [0.1, 0.15) is 5.56 Å². The number of piperazine rings is 1. The Morgan fingerprint density at radius 2 is 1.83 bits per heavy atom. The molecule has 1 fully saturated rings. The average molecular weight is 254 g/mol. The van der Waals surface area contributed by atoms with Crippen LogP contribution in [0.25, 0.3) is 0 Å². The van der Waals surface area contributed by atoms with Gasteiger partial charge in [-0.3, -0.25) is 4.90 Å². The number of halogens is 3. The highest BCUT2D eigenvalue weighted by molar-refractivity contribution is 5.36. The summed E-state index contributed by atoms with van der Waals surface area (Å²) in [5.74, 6) is 1.43. The van der Waals surface area contributed by atoms with Crippen LogP contribution in [0.15, 0.2) is 12.1 Å². The molecule has 1 heterocycles. The molecule has 96 valence electrons. The third-order valence-electron chi connectivity index (χ3n) is 2.77. The highest BCUT2D eigenvalue weighted by Crippen LogP contribution is 2.13. The van der Waals surface area contributed by atoms with Gasteiger partial charge >= 0.3 is 0 Å². The first-order chi connectivity index (χ1) is 8.68. The van der Waals surface area contributed by atoms with Crippen LogP contribution in [-0.2, 0) is 0 Å². The lowest BCUT2D eigenvalue weighted by Gasteiger charge is -2.24. The van der Waals surface area contributed by atoms with Gasteiger partial charge in [-0.25, -0.2) is 13.2 Å². The van der Waals surface area contributed by atoms with Gasteiger partial charge in [-0.2, -0.15) is 0 Å². The van der Waals surface area contributed by atoms with E-state index in [1.807, 2.05) is 0 Å². The van der Waals surface area contributed by atoms with Crippen molar-refractivity contribution in [1.82, 2.24) is 10.2 Å². The Hall–Kier alpha value is -1.51. The van der Waals surface area contributed by atoms with E-state index in [2.05, 4.69) is 22.1 Å². The second-order valence-electron chi connectivity index (χ2n) is 4.05. The summed E-state index contributed by atoms with van der Waals surface area (Å²) in [6.07, 6.45) is 0. The average Bonchev–Trinajstić information content (AvgIpc) is 2.40. The number of nitrogens with zero attached hydrogens (tertiary/aromatic N) is 1. The summed E-state index contributed by atoms with van der Waals surface area (Å²) in [5, 5.41) is 3.20. The Morgan fingerprint density at radius 3 is 2.56 bits per heavy atom. The van der Waals surface area contributed by atoms with E-state index in [1.165, 1.54) is 0 Å². The second-order valence-corrected chi connectivity index (χ2v) is 4.05. The van der Waals surface area contributed by atoms with E-state index in [1.54, 1.807) is 0 Å². The van der Waals surface area contributed by atoms with Gasteiger partial charge in [-0.1, -0.05) is 11.8 Å². The van der Waals surface area contributed by atoms with Gasteiger partial charge in [0.05, 0.1) is 12.1 Å². The molecule has 0 atom stereocenters. The number of benzene rings is 1. The minimum atomic E-state index is -1.47. The van der Waals surface area contributed by atoms with Gasteiger partial charge in [0.15, 0.2) is 17.5 Å². The zero-order chi connectivity index (χ0) is 13.0. The molecule has 1 aromatic rings. The Bertz CT molecular complexity index is 485. The molecule has 0 spiro atoms. The van der Waals surface area contributed by atoms with Gasteiger partial charge in [0, 0.05) is 26.2 Å². The number of hydrogen-bond donors (Lipinski definition) is 1. The molecule has 0 radical (unpaired) electrons. The Labute approximate surface area is 104 Å². The Balaban J connectivity index is 2.03. The fraction of sp³-hybridized carbons (Fsp3) is 0.385. The van der Waals surface area contributed by atoms with Crippen molar-refractivity contribution in [2.45, 2.75) is 0 Å². The molecule has 0 bridgehead atoms. The molecule has 0 saturated carbocycles. The summed E-state index contributed by atoms with van der Waals surface area (Å²) >= 11 is 0. The first-order valence-corrected chi connectivity index (χ1v) is 5.74. The van der Waals surface area contributed by atoms with Crippen molar-refractivity contribution in [3.63, 3.8) is 0 Å². The van der Waals surface area contributed by atoms with Crippen LogP contribution in [0.4, 0.5) is 13.2 Å². The lowest BCUT2D eigenvalue weighted by Crippen LogP contribution is -2.43. The smallest absolute Gasteiger partial charge is 0.195 e. The molecule has 0 amide bonds. The first kappa shape index (κ1) is 12.9. The van der Waals surface area contributed by atoms with Crippen LogP contribution in [0.3, 0.4) is 0 Å². The summed E-state index contributed by atoms with van der Waals surface area (Å²) in [6.45, 7) is 4.08. The Morgan fingerprint density at radius 1 is 1.11 bits per heavy atom. The van der Waals surface area contributed by atoms with Crippen molar-refractivity contribution in [2.75, 3.05) is 32.7 Å². The van der Waals surface area contributed by atoms with Crippen LogP contribution >= 0.6 is 0 Å². The monoisotopic (exact) mass is 254 g/mol. The molecule has 0 aliphatic carbocycles. The van der Waals surface area contributed by atoms with E-state index in [4.69, 9.17) is 0 Å². The van der Waals surface area contributed by atoms with Gasteiger partial charge in [0.2, 0.25) is 0 Å². The van der Waals surface area contributed by atoms with E-state index in [9.17, 15) is 13.2 Å². The fourth-order valence-electron chi connectivity index (χ4n) is 1.74. The standard InChI is InChI=1S/C13H13F3N2/c14-11-4-3-10(12(15)13(11)16)2-1-7-18-8-5-17-6-9-18/h3-4,17H,5-9H2.